The van der Waals surface area contributed by atoms with Gasteiger partial charge in [0.25, 0.3) is 5.91 Å². The number of hydrogen-bond donors (Lipinski definition) is 2. The molecular weight excluding hydrogens is 292 g/mol. The number of hydrogen-bond acceptors (Lipinski definition) is 3. The van der Waals surface area contributed by atoms with Crippen molar-refractivity contribution in [3.63, 3.8) is 0 Å². The van der Waals surface area contributed by atoms with E-state index >= 15 is 0 Å². The van der Waals surface area contributed by atoms with Crippen LogP contribution in [0.25, 0.3) is 0 Å². The zero-order valence-corrected chi connectivity index (χ0v) is 12.0. The topological polar surface area (TPSA) is 54.0 Å². The Kier molecular flexibility index (Phi) is 8.63. The third kappa shape index (κ3) is 5.72. The summed E-state index contributed by atoms with van der Waals surface area (Å²) in [6, 6.07) is 1.19. The maximum atomic E-state index is 12.8. The van der Waals surface area contributed by atoms with Crippen molar-refractivity contribution < 1.29 is 9.18 Å². The summed E-state index contributed by atoms with van der Waals surface area (Å²) in [5, 5.41) is 6.06. The van der Waals surface area contributed by atoms with Crippen LogP contribution >= 0.6 is 24.8 Å². The average Bonchev–Trinajstić information content (AvgIpc) is 2.82. The minimum Gasteiger partial charge on any atom is -0.352 e. The van der Waals surface area contributed by atoms with Crippen molar-refractivity contribution in [2.24, 2.45) is 5.92 Å². The van der Waals surface area contributed by atoms with E-state index in [4.69, 9.17) is 0 Å². The van der Waals surface area contributed by atoms with Crippen LogP contribution < -0.4 is 10.6 Å². The number of carbonyl (C=O) groups is 1. The van der Waals surface area contributed by atoms with Gasteiger partial charge >= 0.3 is 0 Å². The molecule has 0 bridgehead atoms. The Hall–Kier alpha value is -0.910. The molecule has 0 saturated carbocycles. The summed E-state index contributed by atoms with van der Waals surface area (Å²) in [5.74, 6) is -0.110. The van der Waals surface area contributed by atoms with E-state index < -0.39 is 5.82 Å². The van der Waals surface area contributed by atoms with Gasteiger partial charge in [-0.25, -0.2) is 4.39 Å². The summed E-state index contributed by atoms with van der Waals surface area (Å²) >= 11 is 0. The molecule has 2 N–H and O–H groups in total. The summed E-state index contributed by atoms with van der Waals surface area (Å²) < 4.78 is 12.8. The highest BCUT2D eigenvalue weighted by atomic mass is 35.5. The van der Waals surface area contributed by atoms with Crippen LogP contribution in [-0.4, -0.2) is 30.5 Å². The second-order valence-electron chi connectivity index (χ2n) is 4.30. The van der Waals surface area contributed by atoms with Crippen LogP contribution in [0, 0.1) is 11.7 Å². The Morgan fingerprint density at radius 2 is 2.26 bits per heavy atom. The number of halogens is 3. The molecule has 2 heterocycles. The van der Waals surface area contributed by atoms with Crippen molar-refractivity contribution in [3.05, 3.63) is 29.8 Å². The number of amides is 1. The summed E-state index contributed by atoms with van der Waals surface area (Å²) in [5.41, 5.74) is 0.273. The molecule has 0 aliphatic carbocycles. The number of aromatic nitrogens is 1. The van der Waals surface area contributed by atoms with E-state index in [1.165, 1.54) is 12.3 Å². The van der Waals surface area contributed by atoms with Crippen LogP contribution in [0.1, 0.15) is 23.2 Å². The molecule has 1 amide bonds. The summed E-state index contributed by atoms with van der Waals surface area (Å²) in [7, 11) is 0. The van der Waals surface area contributed by atoms with Crippen molar-refractivity contribution in [3.8, 4) is 0 Å². The van der Waals surface area contributed by atoms with Gasteiger partial charge in [-0.1, -0.05) is 0 Å². The number of rotatable bonds is 4. The first kappa shape index (κ1) is 18.1. The number of pyridine rings is 1. The molecule has 1 aliphatic rings. The monoisotopic (exact) mass is 309 g/mol. The highest BCUT2D eigenvalue weighted by Gasteiger charge is 2.14. The standard InChI is InChI=1S/C12H16FN3O.2ClH/c13-11-5-10(7-15-8-11)12(17)16-4-2-9-1-3-14-6-9;;/h5,7-9,14H,1-4,6H2,(H,16,17);2*1H. The maximum absolute atomic E-state index is 12.8. The van der Waals surface area contributed by atoms with E-state index in [0.717, 1.165) is 32.1 Å². The minimum absolute atomic E-state index is 0. The van der Waals surface area contributed by atoms with Crippen molar-refractivity contribution in [2.45, 2.75) is 12.8 Å². The van der Waals surface area contributed by atoms with E-state index in [1.54, 1.807) is 0 Å². The Morgan fingerprint density at radius 1 is 1.47 bits per heavy atom. The summed E-state index contributed by atoms with van der Waals surface area (Å²) in [4.78, 5) is 15.3. The lowest BCUT2D eigenvalue weighted by atomic mass is 10.1. The summed E-state index contributed by atoms with van der Waals surface area (Å²) in [6.07, 6.45) is 4.58. The molecule has 0 radical (unpaired) electrons. The molecule has 0 aromatic carbocycles. The van der Waals surface area contributed by atoms with Gasteiger partial charge in [0.2, 0.25) is 0 Å². The second-order valence-corrected chi connectivity index (χ2v) is 4.30. The Bertz CT molecular complexity index is 400. The second kappa shape index (κ2) is 9.07. The molecule has 1 unspecified atom stereocenters. The zero-order valence-electron chi connectivity index (χ0n) is 10.4. The normalized spacial score (nSPS) is 17.2. The quantitative estimate of drug-likeness (QED) is 0.891. The molecule has 0 spiro atoms. The van der Waals surface area contributed by atoms with E-state index in [2.05, 4.69) is 15.6 Å². The fourth-order valence-electron chi connectivity index (χ4n) is 1.99. The van der Waals surface area contributed by atoms with Gasteiger partial charge in [0.05, 0.1) is 11.8 Å². The number of nitrogens with one attached hydrogen (secondary N) is 2. The average molecular weight is 310 g/mol. The van der Waals surface area contributed by atoms with Crippen LogP contribution in [0.5, 0.6) is 0 Å². The lowest BCUT2D eigenvalue weighted by Gasteiger charge is -2.09. The molecule has 4 nitrogen and oxygen atoms in total. The van der Waals surface area contributed by atoms with Crippen LogP contribution in [0.4, 0.5) is 4.39 Å². The highest BCUT2D eigenvalue weighted by molar-refractivity contribution is 5.93. The highest BCUT2D eigenvalue weighted by Crippen LogP contribution is 2.11. The first-order valence-electron chi connectivity index (χ1n) is 5.85. The minimum atomic E-state index is -0.488. The molecular formula is C12H18Cl2FN3O. The van der Waals surface area contributed by atoms with E-state index in [9.17, 15) is 9.18 Å². The fraction of sp³-hybridized carbons (Fsp3) is 0.500. The molecule has 1 fully saturated rings. The first-order chi connectivity index (χ1) is 8.25. The maximum Gasteiger partial charge on any atom is 0.252 e. The van der Waals surface area contributed by atoms with Gasteiger partial charge in [0, 0.05) is 12.7 Å². The molecule has 2 rings (SSSR count). The van der Waals surface area contributed by atoms with Crippen LogP contribution in [0.15, 0.2) is 18.5 Å². The lowest BCUT2D eigenvalue weighted by Crippen LogP contribution is -2.26. The van der Waals surface area contributed by atoms with Crippen molar-refractivity contribution in [2.75, 3.05) is 19.6 Å². The van der Waals surface area contributed by atoms with Gasteiger partial charge in [-0.15, -0.1) is 24.8 Å². The van der Waals surface area contributed by atoms with Gasteiger partial charge in [-0.05, 0) is 37.9 Å². The van der Waals surface area contributed by atoms with Crippen molar-refractivity contribution >= 4 is 30.7 Å². The molecule has 1 atom stereocenters. The third-order valence-corrected chi connectivity index (χ3v) is 2.97. The lowest BCUT2D eigenvalue weighted by molar-refractivity contribution is 0.0951. The van der Waals surface area contributed by atoms with Crippen LogP contribution in [-0.2, 0) is 0 Å². The zero-order chi connectivity index (χ0) is 12.1. The van der Waals surface area contributed by atoms with Crippen LogP contribution in [0.3, 0.4) is 0 Å². The van der Waals surface area contributed by atoms with Gasteiger partial charge in [0.1, 0.15) is 5.82 Å². The molecule has 108 valence electrons. The SMILES string of the molecule is Cl.Cl.O=C(NCCC1CCNC1)c1cncc(F)c1. The van der Waals surface area contributed by atoms with Gasteiger partial charge in [-0.3, -0.25) is 9.78 Å². The summed E-state index contributed by atoms with van der Waals surface area (Å²) in [6.45, 7) is 2.71. The van der Waals surface area contributed by atoms with Gasteiger partial charge in [0.15, 0.2) is 0 Å². The Balaban J connectivity index is 0.00000162. The van der Waals surface area contributed by atoms with Gasteiger partial charge < -0.3 is 10.6 Å². The molecule has 1 aromatic heterocycles. The molecule has 19 heavy (non-hydrogen) atoms. The number of carbonyl (C=O) groups excluding carboxylic acids is 1. The molecule has 1 saturated heterocycles. The smallest absolute Gasteiger partial charge is 0.252 e. The Morgan fingerprint density at radius 3 is 2.89 bits per heavy atom. The van der Waals surface area contributed by atoms with E-state index in [-0.39, 0.29) is 36.3 Å². The molecule has 1 aliphatic heterocycles. The van der Waals surface area contributed by atoms with Crippen molar-refractivity contribution in [1.82, 2.24) is 15.6 Å². The largest absolute Gasteiger partial charge is 0.352 e. The first-order valence-corrected chi connectivity index (χ1v) is 5.85. The fourth-order valence-corrected chi connectivity index (χ4v) is 1.99. The predicted molar refractivity (Wildman–Crippen MR) is 76.6 cm³/mol. The van der Waals surface area contributed by atoms with Crippen molar-refractivity contribution in [1.29, 1.82) is 0 Å². The Labute approximate surface area is 124 Å². The van der Waals surface area contributed by atoms with E-state index in [0.29, 0.717) is 12.5 Å². The van der Waals surface area contributed by atoms with Crippen LogP contribution in [0.2, 0.25) is 0 Å². The van der Waals surface area contributed by atoms with Gasteiger partial charge in [-0.2, -0.15) is 0 Å². The molecule has 1 aromatic rings. The third-order valence-electron chi connectivity index (χ3n) is 2.97. The predicted octanol–water partition coefficient (Wildman–Crippen LogP) is 1.79. The molecule has 7 heteroatoms. The van der Waals surface area contributed by atoms with E-state index in [1.807, 2.05) is 0 Å². The number of nitrogens with zero attached hydrogens (tertiary/aromatic N) is 1.